The fourth-order valence-corrected chi connectivity index (χ4v) is 4.02. The first-order valence-electron chi connectivity index (χ1n) is 9.09. The predicted octanol–water partition coefficient (Wildman–Crippen LogP) is 5.63. The first-order chi connectivity index (χ1) is 15.3. The number of nitrogens with one attached hydrogen (secondary N) is 1. The van der Waals surface area contributed by atoms with Crippen molar-refractivity contribution in [3.63, 3.8) is 0 Å². The average Bonchev–Trinajstić information content (AvgIpc) is 2.69. The molecule has 0 aliphatic carbocycles. The van der Waals surface area contributed by atoms with E-state index in [1.54, 1.807) is 12.1 Å². The highest BCUT2D eigenvalue weighted by Crippen LogP contribution is 2.36. The van der Waals surface area contributed by atoms with Crippen LogP contribution in [0.25, 0.3) is 0 Å². The first kappa shape index (κ1) is 24.8. The van der Waals surface area contributed by atoms with Crippen molar-refractivity contribution >= 4 is 44.8 Å². The van der Waals surface area contributed by atoms with Gasteiger partial charge in [-0.2, -0.15) is 13.2 Å². The SMILES string of the molecule is NS(=O)(=O)c1cc(NC(=O)Cc2c(Cl)cccc2C(F)(F)F)ccc1Oc1cccc(Cl)c1. The molecule has 0 aliphatic rings. The molecular formula is C21H15Cl2F3N2O4S. The molecule has 0 radical (unpaired) electrons. The molecule has 0 saturated heterocycles. The third-order valence-electron chi connectivity index (χ3n) is 4.32. The van der Waals surface area contributed by atoms with Crippen LogP contribution in [0.4, 0.5) is 18.9 Å². The van der Waals surface area contributed by atoms with Crippen molar-refractivity contribution in [2.45, 2.75) is 17.5 Å². The van der Waals surface area contributed by atoms with Crippen LogP contribution in [0.3, 0.4) is 0 Å². The summed E-state index contributed by atoms with van der Waals surface area (Å²) >= 11 is 11.8. The van der Waals surface area contributed by atoms with E-state index in [0.29, 0.717) is 5.02 Å². The van der Waals surface area contributed by atoms with Gasteiger partial charge >= 0.3 is 6.18 Å². The lowest BCUT2D eigenvalue weighted by Gasteiger charge is -2.15. The monoisotopic (exact) mass is 518 g/mol. The van der Waals surface area contributed by atoms with E-state index < -0.39 is 44.5 Å². The Kier molecular flexibility index (Phi) is 7.23. The summed E-state index contributed by atoms with van der Waals surface area (Å²) in [7, 11) is -4.29. The Hall–Kier alpha value is -2.79. The number of carbonyl (C=O) groups is 1. The zero-order valence-electron chi connectivity index (χ0n) is 16.5. The van der Waals surface area contributed by atoms with Gasteiger partial charge in [-0.3, -0.25) is 4.79 Å². The standard InChI is InChI=1S/C21H15Cl2F3N2O4S/c22-12-3-1-4-14(9-12)32-18-8-7-13(10-19(18)33(27,30)31)28-20(29)11-15-16(21(24,25)26)5-2-6-17(15)23/h1-10H,11H2,(H,28,29)(H2,27,30,31). The fourth-order valence-electron chi connectivity index (χ4n) is 2.92. The molecule has 0 fully saturated rings. The predicted molar refractivity (Wildman–Crippen MR) is 118 cm³/mol. The number of ether oxygens (including phenoxy) is 1. The molecular weight excluding hydrogens is 504 g/mol. The summed E-state index contributed by atoms with van der Waals surface area (Å²) in [6.45, 7) is 0. The lowest BCUT2D eigenvalue weighted by atomic mass is 10.0. The van der Waals surface area contributed by atoms with E-state index in [-0.39, 0.29) is 22.2 Å². The minimum absolute atomic E-state index is 0.0249. The fraction of sp³-hybridized carbons (Fsp3) is 0.0952. The number of anilines is 1. The van der Waals surface area contributed by atoms with Gasteiger partial charge in [0.2, 0.25) is 15.9 Å². The summed E-state index contributed by atoms with van der Waals surface area (Å²) in [4.78, 5) is 12.0. The van der Waals surface area contributed by atoms with Crippen LogP contribution in [0.5, 0.6) is 11.5 Å². The van der Waals surface area contributed by atoms with Crippen molar-refractivity contribution in [3.8, 4) is 11.5 Å². The van der Waals surface area contributed by atoms with Crippen LogP contribution in [0.15, 0.2) is 65.6 Å². The number of halogens is 5. The second kappa shape index (κ2) is 9.60. The zero-order chi connectivity index (χ0) is 24.4. The lowest BCUT2D eigenvalue weighted by molar-refractivity contribution is -0.138. The molecule has 174 valence electrons. The second-order valence-electron chi connectivity index (χ2n) is 6.75. The maximum atomic E-state index is 13.2. The Morgan fingerprint density at radius 2 is 1.73 bits per heavy atom. The number of sulfonamides is 1. The molecule has 0 atom stereocenters. The lowest BCUT2D eigenvalue weighted by Crippen LogP contribution is -2.19. The molecule has 1 amide bonds. The van der Waals surface area contributed by atoms with Gasteiger partial charge in [-0.25, -0.2) is 13.6 Å². The highest BCUT2D eigenvalue weighted by atomic mass is 35.5. The number of carbonyl (C=O) groups excluding carboxylic acids is 1. The van der Waals surface area contributed by atoms with E-state index in [0.717, 1.165) is 18.2 Å². The zero-order valence-corrected chi connectivity index (χ0v) is 18.8. The highest BCUT2D eigenvalue weighted by Gasteiger charge is 2.34. The number of alkyl halides is 3. The summed E-state index contributed by atoms with van der Waals surface area (Å²) in [5.41, 5.74) is -1.47. The smallest absolute Gasteiger partial charge is 0.416 e. The molecule has 12 heteroatoms. The Labute approximate surface area is 197 Å². The van der Waals surface area contributed by atoms with Crippen molar-refractivity contribution in [2.75, 3.05) is 5.32 Å². The van der Waals surface area contributed by atoms with Crippen molar-refractivity contribution in [3.05, 3.63) is 81.8 Å². The van der Waals surface area contributed by atoms with Crippen LogP contribution < -0.4 is 15.2 Å². The van der Waals surface area contributed by atoms with Gasteiger partial charge in [-0.05, 0) is 54.1 Å². The first-order valence-corrected chi connectivity index (χ1v) is 11.4. The van der Waals surface area contributed by atoms with Gasteiger partial charge in [0, 0.05) is 15.7 Å². The minimum atomic E-state index is -4.71. The Bertz CT molecular complexity index is 1320. The van der Waals surface area contributed by atoms with Gasteiger partial charge in [0.05, 0.1) is 12.0 Å². The Balaban J connectivity index is 1.87. The normalized spacial score (nSPS) is 11.8. The van der Waals surface area contributed by atoms with Gasteiger partial charge in [-0.1, -0.05) is 35.3 Å². The quantitative estimate of drug-likeness (QED) is 0.441. The summed E-state index contributed by atoms with van der Waals surface area (Å²) in [5, 5.41) is 7.74. The van der Waals surface area contributed by atoms with E-state index in [2.05, 4.69) is 5.32 Å². The molecule has 0 bridgehead atoms. The number of hydrogen-bond acceptors (Lipinski definition) is 4. The minimum Gasteiger partial charge on any atom is -0.456 e. The molecule has 33 heavy (non-hydrogen) atoms. The van der Waals surface area contributed by atoms with Crippen molar-refractivity contribution in [2.24, 2.45) is 5.14 Å². The average molecular weight is 519 g/mol. The molecule has 3 N–H and O–H groups in total. The number of benzene rings is 3. The molecule has 6 nitrogen and oxygen atoms in total. The van der Waals surface area contributed by atoms with E-state index in [1.807, 2.05) is 0 Å². The van der Waals surface area contributed by atoms with Gasteiger partial charge in [0.1, 0.15) is 16.4 Å². The maximum absolute atomic E-state index is 13.2. The van der Waals surface area contributed by atoms with Gasteiger partial charge in [0.15, 0.2) is 0 Å². The molecule has 0 unspecified atom stereocenters. The van der Waals surface area contributed by atoms with Crippen molar-refractivity contribution in [1.82, 2.24) is 0 Å². The number of hydrogen-bond donors (Lipinski definition) is 2. The van der Waals surface area contributed by atoms with Crippen LogP contribution in [0, 0.1) is 0 Å². The van der Waals surface area contributed by atoms with E-state index >= 15 is 0 Å². The molecule has 3 aromatic rings. The third-order valence-corrected chi connectivity index (χ3v) is 5.84. The van der Waals surface area contributed by atoms with Crippen LogP contribution >= 0.6 is 23.2 Å². The molecule has 3 rings (SSSR count). The van der Waals surface area contributed by atoms with Crippen LogP contribution in [-0.2, 0) is 27.4 Å². The van der Waals surface area contributed by atoms with Crippen molar-refractivity contribution < 1.29 is 31.1 Å². The number of amides is 1. The third kappa shape index (κ3) is 6.38. The summed E-state index contributed by atoms with van der Waals surface area (Å²) in [6, 6.07) is 12.9. The highest BCUT2D eigenvalue weighted by molar-refractivity contribution is 7.89. The van der Waals surface area contributed by atoms with E-state index in [4.69, 9.17) is 33.1 Å². The summed E-state index contributed by atoms with van der Waals surface area (Å²) < 4.78 is 69.4. The largest absolute Gasteiger partial charge is 0.456 e. The van der Waals surface area contributed by atoms with Gasteiger partial charge < -0.3 is 10.1 Å². The molecule has 0 spiro atoms. The van der Waals surface area contributed by atoms with Crippen molar-refractivity contribution in [1.29, 1.82) is 0 Å². The Morgan fingerprint density at radius 1 is 1.03 bits per heavy atom. The second-order valence-corrected chi connectivity index (χ2v) is 9.13. The van der Waals surface area contributed by atoms with E-state index in [1.165, 1.54) is 30.3 Å². The van der Waals surface area contributed by atoms with Gasteiger partial charge in [0.25, 0.3) is 0 Å². The molecule has 0 heterocycles. The van der Waals surface area contributed by atoms with Crippen LogP contribution in [0.2, 0.25) is 10.0 Å². The molecule has 0 aliphatic heterocycles. The Morgan fingerprint density at radius 3 is 2.36 bits per heavy atom. The molecule has 0 aromatic heterocycles. The molecule has 3 aromatic carbocycles. The molecule has 0 saturated carbocycles. The number of primary sulfonamides is 1. The van der Waals surface area contributed by atoms with Crippen LogP contribution in [0.1, 0.15) is 11.1 Å². The number of nitrogens with two attached hydrogens (primary N) is 1. The topological polar surface area (TPSA) is 98.5 Å². The summed E-state index contributed by atoms with van der Waals surface area (Å²) in [5.74, 6) is -0.747. The van der Waals surface area contributed by atoms with Crippen LogP contribution in [-0.4, -0.2) is 14.3 Å². The van der Waals surface area contributed by atoms with E-state index in [9.17, 15) is 26.4 Å². The number of rotatable bonds is 6. The van der Waals surface area contributed by atoms with Gasteiger partial charge in [-0.15, -0.1) is 0 Å². The maximum Gasteiger partial charge on any atom is 0.416 e. The summed E-state index contributed by atoms with van der Waals surface area (Å²) in [6.07, 6.45) is -5.40.